The molecule has 53 heavy (non-hydrogen) atoms. The molecule has 2 heterocycles. The summed E-state index contributed by atoms with van der Waals surface area (Å²) in [5, 5.41) is 35.0. The molecule has 1 saturated heterocycles. The summed E-state index contributed by atoms with van der Waals surface area (Å²) < 4.78 is 19.5. The Kier molecular flexibility index (Phi) is 14.3. The summed E-state index contributed by atoms with van der Waals surface area (Å²) in [6.45, 7) is 6.26. The molecule has 3 atom stereocenters. The highest BCUT2D eigenvalue weighted by Crippen LogP contribution is 2.47. The van der Waals surface area contributed by atoms with Gasteiger partial charge in [0.1, 0.15) is 41.3 Å². The highest BCUT2D eigenvalue weighted by molar-refractivity contribution is 6.32. The van der Waals surface area contributed by atoms with Crippen LogP contribution in [-0.4, -0.2) is 94.6 Å². The van der Waals surface area contributed by atoms with E-state index < -0.39 is 16.5 Å². The fourth-order valence-corrected chi connectivity index (χ4v) is 7.18. The summed E-state index contributed by atoms with van der Waals surface area (Å²) in [7, 11) is 0. The van der Waals surface area contributed by atoms with E-state index in [0.717, 1.165) is 43.6 Å². The summed E-state index contributed by atoms with van der Waals surface area (Å²) in [4.78, 5) is 17.0. The van der Waals surface area contributed by atoms with Crippen molar-refractivity contribution < 1.29 is 29.2 Å². The van der Waals surface area contributed by atoms with Crippen LogP contribution in [0.3, 0.4) is 0 Å². The number of aliphatic hydroxyl groups is 2. The molecule has 2 aromatic carbocycles. The Hall–Kier alpha value is -3.99. The van der Waals surface area contributed by atoms with E-state index in [0.29, 0.717) is 39.8 Å². The lowest BCUT2D eigenvalue weighted by molar-refractivity contribution is -0.119. The number of alkyl halides is 1. The highest BCUT2D eigenvalue weighted by atomic mass is 35.5. The van der Waals surface area contributed by atoms with E-state index in [2.05, 4.69) is 26.6 Å². The second-order valence-corrected chi connectivity index (χ2v) is 14.7. The normalized spacial score (nSPS) is 21.3. The minimum atomic E-state index is -1.11. The average Bonchev–Trinajstić information content (AvgIpc) is 3.60. The van der Waals surface area contributed by atoms with E-state index in [4.69, 9.17) is 37.4 Å². The van der Waals surface area contributed by atoms with Crippen molar-refractivity contribution in [3.63, 3.8) is 0 Å². The summed E-state index contributed by atoms with van der Waals surface area (Å²) in [5.74, 6) is 0.778. The number of benzene rings is 2. The van der Waals surface area contributed by atoms with Gasteiger partial charge in [-0.25, -0.2) is 0 Å². The van der Waals surface area contributed by atoms with E-state index in [9.17, 15) is 20.3 Å². The third-order valence-electron chi connectivity index (χ3n) is 9.57. The summed E-state index contributed by atoms with van der Waals surface area (Å²) in [6, 6.07) is 16.8. The predicted octanol–water partition coefficient (Wildman–Crippen LogP) is 5.01. The van der Waals surface area contributed by atoms with Gasteiger partial charge < -0.3 is 40.0 Å². The smallest absolute Gasteiger partial charge is 0.217 e. The van der Waals surface area contributed by atoms with Crippen LogP contribution in [0.15, 0.2) is 79.2 Å². The monoisotopic (exact) mass is 763 g/mol. The molecule has 0 saturated carbocycles. The van der Waals surface area contributed by atoms with Gasteiger partial charge in [-0.1, -0.05) is 54.1 Å². The molecule has 1 amide bonds. The van der Waals surface area contributed by atoms with E-state index >= 15 is 0 Å². The van der Waals surface area contributed by atoms with E-state index in [1.807, 2.05) is 55.5 Å². The molecule has 2 aliphatic rings. The van der Waals surface area contributed by atoms with Gasteiger partial charge in [0.15, 0.2) is 0 Å². The number of amides is 1. The highest BCUT2D eigenvalue weighted by Gasteiger charge is 2.51. The lowest BCUT2D eigenvalue weighted by atomic mass is 9.76. The number of pyridine rings is 1. The first-order valence-electron chi connectivity index (χ1n) is 17.7. The second-order valence-electron chi connectivity index (χ2n) is 13.5. The maximum Gasteiger partial charge on any atom is 0.217 e. The van der Waals surface area contributed by atoms with Crippen LogP contribution in [0.2, 0.25) is 5.02 Å². The van der Waals surface area contributed by atoms with Gasteiger partial charge in [-0.2, -0.15) is 5.26 Å². The number of ether oxygens (including phenoxy) is 3. The molecule has 11 nitrogen and oxygen atoms in total. The Morgan fingerprint density at radius 1 is 1.15 bits per heavy atom. The van der Waals surface area contributed by atoms with Gasteiger partial charge in [-0.15, -0.1) is 11.6 Å². The number of hydrogen-bond acceptors (Lipinski definition) is 10. The Morgan fingerprint density at radius 2 is 1.94 bits per heavy atom. The molecule has 3 unspecified atom stereocenters. The Bertz CT molecular complexity index is 1800. The molecule has 1 aliphatic carbocycles. The van der Waals surface area contributed by atoms with Crippen molar-refractivity contribution in [1.82, 2.24) is 20.5 Å². The van der Waals surface area contributed by atoms with Crippen LogP contribution in [0.25, 0.3) is 5.57 Å². The van der Waals surface area contributed by atoms with Crippen LogP contribution < -0.4 is 20.1 Å². The number of aromatic nitrogens is 1. The van der Waals surface area contributed by atoms with Crippen molar-refractivity contribution in [1.29, 1.82) is 5.26 Å². The average molecular weight is 765 g/mol. The Balaban J connectivity index is 1.38. The van der Waals surface area contributed by atoms with Crippen LogP contribution in [0.1, 0.15) is 48.9 Å². The molecule has 1 aliphatic heterocycles. The molecular weight excluding hydrogens is 717 g/mol. The third kappa shape index (κ3) is 10.4. The second kappa shape index (κ2) is 18.9. The van der Waals surface area contributed by atoms with Gasteiger partial charge in [0.05, 0.1) is 29.8 Å². The number of nitrogens with zero attached hydrogens (tertiary/aromatic N) is 3. The topological polar surface area (TPSA) is 149 Å². The standard InChI is InChI=1S/C40H47Cl2N5O6/c1-28(50)46-33-11-14-47(23-33)13-7-15-53-40(12-6-10-35(39(40,2)42)31-8-4-3-5-9-31)27-52-38-18-37(51-26-30-16-29(19-43)20-44-21-30)32(17-36(38)41)22-45-34(24-48)25-49/h3-6,8-10,12,16-18,20-21,33-34,45,48-49H,7,11,13-15,22-27H2,1-2H3,(H,46,50). The van der Waals surface area contributed by atoms with Crippen molar-refractivity contribution in [2.24, 2.45) is 0 Å². The maximum absolute atomic E-state index is 11.5. The number of likely N-dealkylation sites (tertiary alicyclic amines) is 1. The van der Waals surface area contributed by atoms with Crippen molar-refractivity contribution >= 4 is 34.7 Å². The lowest BCUT2D eigenvalue weighted by Gasteiger charge is -2.45. The van der Waals surface area contributed by atoms with Crippen LogP contribution >= 0.6 is 23.2 Å². The number of hydrogen-bond donors (Lipinski definition) is 4. The molecule has 3 aromatic rings. The zero-order chi connectivity index (χ0) is 37.8. The van der Waals surface area contributed by atoms with Crippen molar-refractivity contribution in [2.45, 2.75) is 62.4 Å². The molecule has 4 N–H and O–H groups in total. The van der Waals surface area contributed by atoms with Gasteiger partial charge in [0, 0.05) is 75.3 Å². The van der Waals surface area contributed by atoms with Crippen LogP contribution in [-0.2, 0) is 22.7 Å². The molecule has 1 fully saturated rings. The first-order valence-corrected chi connectivity index (χ1v) is 18.5. The Labute approximate surface area is 321 Å². The Morgan fingerprint density at radius 3 is 2.68 bits per heavy atom. The van der Waals surface area contributed by atoms with Gasteiger partial charge in [0.2, 0.25) is 5.91 Å². The number of rotatable bonds is 18. The number of nitrogens with one attached hydrogen (secondary N) is 2. The summed E-state index contributed by atoms with van der Waals surface area (Å²) in [5.41, 5.74) is 2.52. The predicted molar refractivity (Wildman–Crippen MR) is 205 cm³/mol. The fourth-order valence-electron chi connectivity index (χ4n) is 6.59. The van der Waals surface area contributed by atoms with Gasteiger partial charge in [-0.05, 0) is 49.1 Å². The number of aliphatic hydroxyl groups excluding tert-OH is 2. The number of allylic oxidation sites excluding steroid dienone is 2. The van der Waals surface area contributed by atoms with Crippen molar-refractivity contribution in [2.75, 3.05) is 46.1 Å². The van der Waals surface area contributed by atoms with Crippen molar-refractivity contribution in [3.05, 3.63) is 106 Å². The zero-order valence-corrected chi connectivity index (χ0v) is 31.6. The van der Waals surface area contributed by atoms with Crippen LogP contribution in [0.4, 0.5) is 0 Å². The van der Waals surface area contributed by atoms with E-state index in [1.54, 1.807) is 31.3 Å². The molecule has 0 spiro atoms. The molecule has 0 bridgehead atoms. The molecule has 282 valence electrons. The maximum atomic E-state index is 11.5. The minimum absolute atomic E-state index is 0.0142. The van der Waals surface area contributed by atoms with E-state index in [1.165, 1.54) is 6.20 Å². The number of nitriles is 1. The largest absolute Gasteiger partial charge is 0.488 e. The number of carbonyl (C=O) groups is 1. The molecule has 5 rings (SSSR count). The molecule has 13 heteroatoms. The van der Waals surface area contributed by atoms with Crippen LogP contribution in [0, 0.1) is 11.3 Å². The van der Waals surface area contributed by atoms with Gasteiger partial charge in [-0.3, -0.25) is 9.78 Å². The first kappa shape index (κ1) is 40.2. The lowest BCUT2D eigenvalue weighted by Crippen LogP contribution is -2.55. The fraction of sp³-hybridized carbons (Fsp3) is 0.425. The third-order valence-corrected chi connectivity index (χ3v) is 10.4. The summed E-state index contributed by atoms with van der Waals surface area (Å²) in [6.07, 6.45) is 10.6. The van der Waals surface area contributed by atoms with Crippen molar-refractivity contribution in [3.8, 4) is 17.6 Å². The van der Waals surface area contributed by atoms with Gasteiger partial charge >= 0.3 is 0 Å². The summed E-state index contributed by atoms with van der Waals surface area (Å²) >= 11 is 14.4. The number of halogens is 2. The molecular formula is C40H47Cl2N5O6. The van der Waals surface area contributed by atoms with Crippen LogP contribution in [0.5, 0.6) is 11.5 Å². The SMILES string of the molecule is CC(=O)NC1CCN(CCCOC2(COc3cc(OCc4cncc(C#N)c4)c(CNC(CO)CO)cc3Cl)C=CC=C(c3ccccc3)C2(C)Cl)C1. The quantitative estimate of drug-likeness (QED) is 0.103. The molecule has 1 aromatic heterocycles. The first-order chi connectivity index (χ1) is 25.6. The molecule has 0 radical (unpaired) electrons. The minimum Gasteiger partial charge on any atom is -0.488 e. The van der Waals surface area contributed by atoms with E-state index in [-0.39, 0.29) is 44.9 Å². The van der Waals surface area contributed by atoms with Gasteiger partial charge in [0.25, 0.3) is 0 Å². The number of carbonyl (C=O) groups excluding carboxylic acids is 1. The zero-order valence-electron chi connectivity index (χ0n) is 30.1.